The molecular formula is C16H24N2OS. The highest BCUT2D eigenvalue weighted by molar-refractivity contribution is 8.00. The molecule has 2 unspecified atom stereocenters. The van der Waals surface area contributed by atoms with Gasteiger partial charge in [-0.05, 0) is 43.4 Å². The van der Waals surface area contributed by atoms with E-state index in [-0.39, 0.29) is 5.91 Å². The van der Waals surface area contributed by atoms with Gasteiger partial charge in [0.25, 0.3) is 0 Å². The van der Waals surface area contributed by atoms with Crippen LogP contribution in [0.2, 0.25) is 0 Å². The van der Waals surface area contributed by atoms with Gasteiger partial charge in [-0.2, -0.15) is 0 Å². The molecule has 3 N–H and O–H groups in total. The van der Waals surface area contributed by atoms with Crippen molar-refractivity contribution in [3.05, 3.63) is 23.8 Å². The Morgan fingerprint density at radius 2 is 2.25 bits per heavy atom. The highest BCUT2D eigenvalue weighted by Gasteiger charge is 2.20. The first kappa shape index (κ1) is 15.2. The maximum Gasteiger partial charge on any atom is 0.234 e. The Morgan fingerprint density at radius 3 is 2.95 bits per heavy atom. The number of anilines is 2. The second-order valence-corrected chi connectivity index (χ2v) is 7.11. The van der Waals surface area contributed by atoms with E-state index in [0.717, 1.165) is 22.9 Å². The molecule has 1 aromatic carbocycles. The van der Waals surface area contributed by atoms with Gasteiger partial charge in [0.05, 0.1) is 5.75 Å². The van der Waals surface area contributed by atoms with E-state index < -0.39 is 0 Å². The van der Waals surface area contributed by atoms with Gasteiger partial charge < -0.3 is 11.1 Å². The van der Waals surface area contributed by atoms with Gasteiger partial charge in [-0.15, -0.1) is 11.8 Å². The summed E-state index contributed by atoms with van der Waals surface area (Å²) in [6.45, 7) is 4.27. The van der Waals surface area contributed by atoms with E-state index in [1.165, 1.54) is 25.7 Å². The number of nitrogens with one attached hydrogen (secondary N) is 1. The van der Waals surface area contributed by atoms with Crippen molar-refractivity contribution in [1.29, 1.82) is 0 Å². The van der Waals surface area contributed by atoms with Crippen molar-refractivity contribution in [3.8, 4) is 0 Å². The molecule has 110 valence electrons. The van der Waals surface area contributed by atoms with Crippen LogP contribution in [-0.2, 0) is 4.79 Å². The van der Waals surface area contributed by atoms with Crippen LogP contribution in [0.3, 0.4) is 0 Å². The normalized spacial score (nSPS) is 22.5. The molecule has 3 nitrogen and oxygen atoms in total. The summed E-state index contributed by atoms with van der Waals surface area (Å²) in [5, 5.41) is 3.57. The lowest BCUT2D eigenvalue weighted by Crippen LogP contribution is -2.20. The van der Waals surface area contributed by atoms with Crippen molar-refractivity contribution in [2.45, 2.75) is 44.8 Å². The number of nitrogen functional groups attached to an aromatic ring is 1. The monoisotopic (exact) mass is 292 g/mol. The van der Waals surface area contributed by atoms with Gasteiger partial charge in [0.2, 0.25) is 5.91 Å². The topological polar surface area (TPSA) is 55.1 Å². The molecule has 2 rings (SSSR count). The SMILES string of the molecule is Cc1ccc(NC(=O)CSC2CCCC(C)C2)cc1N. The largest absolute Gasteiger partial charge is 0.398 e. The molecule has 20 heavy (non-hydrogen) atoms. The number of amides is 1. The fraction of sp³-hybridized carbons (Fsp3) is 0.562. The molecule has 1 amide bonds. The molecule has 0 heterocycles. The lowest BCUT2D eigenvalue weighted by atomic mass is 9.91. The Hall–Kier alpha value is -1.16. The van der Waals surface area contributed by atoms with E-state index in [0.29, 0.717) is 11.0 Å². The van der Waals surface area contributed by atoms with E-state index >= 15 is 0 Å². The van der Waals surface area contributed by atoms with Crippen LogP contribution in [0.1, 0.15) is 38.2 Å². The third-order valence-corrected chi connectivity index (χ3v) is 5.23. The lowest BCUT2D eigenvalue weighted by Gasteiger charge is -2.25. The van der Waals surface area contributed by atoms with Gasteiger partial charge in [0, 0.05) is 16.6 Å². The number of carbonyl (C=O) groups is 1. The van der Waals surface area contributed by atoms with Crippen molar-refractivity contribution in [3.63, 3.8) is 0 Å². The maximum absolute atomic E-state index is 12.0. The summed E-state index contributed by atoms with van der Waals surface area (Å²) in [5.41, 5.74) is 8.39. The van der Waals surface area contributed by atoms with Gasteiger partial charge in [0.1, 0.15) is 0 Å². The minimum atomic E-state index is 0.0662. The average Bonchev–Trinajstić information content (AvgIpc) is 2.41. The van der Waals surface area contributed by atoms with Crippen LogP contribution in [0.25, 0.3) is 0 Å². The third kappa shape index (κ3) is 4.44. The smallest absolute Gasteiger partial charge is 0.234 e. The standard InChI is InChI=1S/C16H24N2OS/c1-11-4-3-5-14(8-11)20-10-16(19)18-13-7-6-12(2)15(17)9-13/h6-7,9,11,14H,3-5,8,10,17H2,1-2H3,(H,18,19). The van der Waals surface area contributed by atoms with Crippen molar-refractivity contribution in [2.24, 2.45) is 5.92 Å². The average molecular weight is 292 g/mol. The van der Waals surface area contributed by atoms with Crippen LogP contribution in [0, 0.1) is 12.8 Å². The number of hydrogen-bond acceptors (Lipinski definition) is 3. The van der Waals surface area contributed by atoms with Crippen molar-refractivity contribution < 1.29 is 4.79 Å². The van der Waals surface area contributed by atoms with Crippen molar-refractivity contribution >= 4 is 29.0 Å². The van der Waals surface area contributed by atoms with Gasteiger partial charge in [-0.25, -0.2) is 0 Å². The molecule has 0 saturated heterocycles. The quantitative estimate of drug-likeness (QED) is 0.829. The molecule has 1 saturated carbocycles. The Labute approximate surface area is 125 Å². The number of rotatable bonds is 4. The van der Waals surface area contributed by atoms with Crippen LogP contribution in [0.15, 0.2) is 18.2 Å². The number of benzene rings is 1. The van der Waals surface area contributed by atoms with E-state index in [4.69, 9.17) is 5.73 Å². The predicted molar refractivity (Wildman–Crippen MR) is 88.1 cm³/mol. The van der Waals surface area contributed by atoms with Crippen LogP contribution < -0.4 is 11.1 Å². The van der Waals surface area contributed by atoms with Crippen molar-refractivity contribution in [2.75, 3.05) is 16.8 Å². The number of hydrogen-bond donors (Lipinski definition) is 2. The Morgan fingerprint density at radius 1 is 1.45 bits per heavy atom. The molecule has 0 aromatic heterocycles. The summed E-state index contributed by atoms with van der Waals surface area (Å²) in [6, 6.07) is 5.65. The maximum atomic E-state index is 12.0. The molecule has 1 aliphatic carbocycles. The molecule has 0 aliphatic heterocycles. The van der Waals surface area contributed by atoms with E-state index in [9.17, 15) is 4.79 Å². The number of thioether (sulfide) groups is 1. The third-order valence-electron chi connectivity index (χ3n) is 3.90. The molecule has 2 atom stereocenters. The molecule has 0 bridgehead atoms. The fourth-order valence-electron chi connectivity index (χ4n) is 2.64. The summed E-state index contributed by atoms with van der Waals surface area (Å²) < 4.78 is 0. The lowest BCUT2D eigenvalue weighted by molar-refractivity contribution is -0.113. The van der Waals surface area contributed by atoms with Gasteiger partial charge in [-0.1, -0.05) is 25.8 Å². The minimum absolute atomic E-state index is 0.0662. The van der Waals surface area contributed by atoms with Crippen LogP contribution >= 0.6 is 11.8 Å². The van der Waals surface area contributed by atoms with E-state index in [1.54, 1.807) is 11.8 Å². The Kier molecular flexibility index (Phi) is 5.35. The van der Waals surface area contributed by atoms with Crippen LogP contribution in [0.5, 0.6) is 0 Å². The second kappa shape index (κ2) is 7.02. The number of nitrogens with two attached hydrogens (primary N) is 1. The predicted octanol–water partition coefficient (Wildman–Crippen LogP) is 3.83. The first-order valence-corrected chi connectivity index (χ1v) is 8.37. The molecule has 0 spiro atoms. The zero-order valence-corrected chi connectivity index (χ0v) is 13.1. The Balaban J connectivity index is 1.78. The van der Waals surface area contributed by atoms with Crippen molar-refractivity contribution in [1.82, 2.24) is 0 Å². The van der Waals surface area contributed by atoms with E-state index in [1.807, 2.05) is 25.1 Å². The Bertz CT molecular complexity index is 476. The summed E-state index contributed by atoms with van der Waals surface area (Å²) in [4.78, 5) is 12.0. The first-order chi connectivity index (χ1) is 9.54. The van der Waals surface area contributed by atoms with Gasteiger partial charge >= 0.3 is 0 Å². The summed E-state index contributed by atoms with van der Waals surface area (Å²) in [6.07, 6.45) is 5.13. The van der Waals surface area contributed by atoms with Crippen LogP contribution in [-0.4, -0.2) is 16.9 Å². The zero-order chi connectivity index (χ0) is 14.5. The van der Waals surface area contributed by atoms with E-state index in [2.05, 4.69) is 12.2 Å². The summed E-state index contributed by atoms with van der Waals surface area (Å²) in [7, 11) is 0. The number of aryl methyl sites for hydroxylation is 1. The zero-order valence-electron chi connectivity index (χ0n) is 12.3. The molecule has 0 radical (unpaired) electrons. The molecule has 1 aliphatic rings. The van der Waals surface area contributed by atoms with Gasteiger partial charge in [0.15, 0.2) is 0 Å². The highest BCUT2D eigenvalue weighted by atomic mass is 32.2. The molecule has 1 fully saturated rings. The fourth-order valence-corrected chi connectivity index (χ4v) is 3.90. The summed E-state index contributed by atoms with van der Waals surface area (Å²) in [5.74, 6) is 1.41. The highest BCUT2D eigenvalue weighted by Crippen LogP contribution is 2.31. The number of carbonyl (C=O) groups excluding carboxylic acids is 1. The second-order valence-electron chi connectivity index (χ2n) is 5.82. The first-order valence-electron chi connectivity index (χ1n) is 7.32. The van der Waals surface area contributed by atoms with Gasteiger partial charge in [-0.3, -0.25) is 4.79 Å². The summed E-state index contributed by atoms with van der Waals surface area (Å²) >= 11 is 1.79. The molecular weight excluding hydrogens is 268 g/mol. The molecule has 1 aromatic rings. The van der Waals surface area contributed by atoms with Crippen LogP contribution in [0.4, 0.5) is 11.4 Å². The molecule has 4 heteroatoms. The minimum Gasteiger partial charge on any atom is -0.398 e.